The highest BCUT2D eigenvalue weighted by atomic mass is 32.1. The van der Waals surface area contributed by atoms with E-state index in [0.29, 0.717) is 12.4 Å². The number of hydrogen-bond acceptors (Lipinski definition) is 4. The number of rotatable bonds is 6. The molecule has 5 nitrogen and oxygen atoms in total. The monoisotopic (exact) mass is 280 g/mol. The van der Waals surface area contributed by atoms with Gasteiger partial charge in [0.15, 0.2) is 4.88 Å². The number of carboxylic acids is 1. The normalized spacial score (nSPS) is 10.6. The van der Waals surface area contributed by atoms with Gasteiger partial charge >= 0.3 is 5.97 Å². The highest BCUT2D eigenvalue weighted by molar-refractivity contribution is 7.14. The summed E-state index contributed by atoms with van der Waals surface area (Å²) in [6, 6.07) is 1.80. The summed E-state index contributed by atoms with van der Waals surface area (Å²) >= 11 is 1.27. The maximum atomic E-state index is 11.1. The molecule has 0 amide bonds. The van der Waals surface area contributed by atoms with Crippen molar-refractivity contribution in [2.24, 2.45) is 0 Å². The van der Waals surface area contributed by atoms with Crippen LogP contribution in [0.4, 0.5) is 0 Å². The Labute approximate surface area is 115 Å². The molecule has 0 aliphatic carbocycles. The minimum absolute atomic E-state index is 0.264. The van der Waals surface area contributed by atoms with Crippen molar-refractivity contribution in [1.82, 2.24) is 9.78 Å². The highest BCUT2D eigenvalue weighted by Crippen LogP contribution is 2.30. The molecule has 0 fully saturated rings. The van der Waals surface area contributed by atoms with Gasteiger partial charge in [-0.15, -0.1) is 11.3 Å². The zero-order valence-corrected chi connectivity index (χ0v) is 11.7. The number of nitrogens with zero attached hydrogens (tertiary/aromatic N) is 2. The Morgan fingerprint density at radius 1 is 1.53 bits per heavy atom. The maximum Gasteiger partial charge on any atom is 0.349 e. The fourth-order valence-corrected chi connectivity index (χ4v) is 2.55. The topological polar surface area (TPSA) is 64.4 Å². The first-order valence-electron chi connectivity index (χ1n) is 6.14. The van der Waals surface area contributed by atoms with Crippen LogP contribution in [0.3, 0.4) is 0 Å². The molecule has 102 valence electrons. The van der Waals surface area contributed by atoms with Crippen LogP contribution in [0, 0.1) is 0 Å². The summed E-state index contributed by atoms with van der Waals surface area (Å²) in [7, 11) is 0. The van der Waals surface area contributed by atoms with Crippen molar-refractivity contribution in [3.05, 3.63) is 33.8 Å². The number of thiophene rings is 1. The first kappa shape index (κ1) is 13.6. The molecular formula is C13H16N2O3S. The Balaban J connectivity index is 2.09. The molecule has 2 aromatic rings. The summed E-state index contributed by atoms with van der Waals surface area (Å²) in [4.78, 5) is 12.4. The summed E-state index contributed by atoms with van der Waals surface area (Å²) < 4.78 is 7.41. The fraction of sp³-hybridized carbons (Fsp3) is 0.385. The largest absolute Gasteiger partial charge is 0.487 e. The van der Waals surface area contributed by atoms with E-state index < -0.39 is 5.97 Å². The van der Waals surface area contributed by atoms with Crippen LogP contribution in [0.2, 0.25) is 0 Å². The van der Waals surface area contributed by atoms with Crippen LogP contribution in [0.1, 0.15) is 34.0 Å². The third-order valence-electron chi connectivity index (χ3n) is 2.70. The van der Waals surface area contributed by atoms with Crippen LogP contribution in [-0.4, -0.2) is 20.9 Å². The fourth-order valence-electron chi connectivity index (χ4n) is 1.67. The maximum absolute atomic E-state index is 11.1. The molecule has 0 atom stereocenters. The third-order valence-corrected chi connectivity index (χ3v) is 3.95. The molecular weight excluding hydrogens is 264 g/mol. The molecule has 19 heavy (non-hydrogen) atoms. The van der Waals surface area contributed by atoms with Crippen molar-refractivity contribution in [2.45, 2.75) is 33.4 Å². The van der Waals surface area contributed by atoms with E-state index in [0.717, 1.165) is 23.4 Å². The first-order chi connectivity index (χ1) is 9.13. The Bertz CT molecular complexity index is 574. The lowest BCUT2D eigenvalue weighted by molar-refractivity contribution is 0.0697. The van der Waals surface area contributed by atoms with Crippen molar-refractivity contribution in [2.75, 3.05) is 0 Å². The van der Waals surface area contributed by atoms with E-state index in [9.17, 15) is 4.79 Å². The van der Waals surface area contributed by atoms with E-state index in [4.69, 9.17) is 9.84 Å². The van der Waals surface area contributed by atoms with E-state index in [1.807, 2.05) is 24.7 Å². The zero-order valence-electron chi connectivity index (χ0n) is 10.9. The molecule has 2 rings (SSSR count). The number of aromatic carboxylic acids is 1. The van der Waals surface area contributed by atoms with Crippen LogP contribution in [0.15, 0.2) is 18.5 Å². The van der Waals surface area contributed by atoms with Crippen LogP contribution in [0.5, 0.6) is 5.75 Å². The number of aromatic nitrogens is 2. The second kappa shape index (κ2) is 5.88. The van der Waals surface area contributed by atoms with Crippen LogP contribution >= 0.6 is 11.3 Å². The summed E-state index contributed by atoms with van der Waals surface area (Å²) in [5, 5.41) is 13.3. The molecule has 0 radical (unpaired) electrons. The number of aryl methyl sites for hydroxylation is 2. The third kappa shape index (κ3) is 3.14. The highest BCUT2D eigenvalue weighted by Gasteiger charge is 2.16. The molecule has 0 saturated heterocycles. The Kier molecular flexibility index (Phi) is 4.21. The van der Waals surface area contributed by atoms with Gasteiger partial charge in [0, 0.05) is 23.2 Å². The van der Waals surface area contributed by atoms with Crippen LogP contribution in [-0.2, 0) is 19.6 Å². The molecule has 0 saturated carbocycles. The SMILES string of the molecule is CCc1cc(OCc2cnn(CC)c2)c(C(=O)O)s1. The van der Waals surface area contributed by atoms with Crippen LogP contribution in [0.25, 0.3) is 0 Å². The Hall–Kier alpha value is -1.82. The quantitative estimate of drug-likeness (QED) is 0.883. The molecule has 2 heterocycles. The van der Waals surface area contributed by atoms with Crippen molar-refractivity contribution >= 4 is 17.3 Å². The van der Waals surface area contributed by atoms with Gasteiger partial charge in [-0.05, 0) is 19.4 Å². The lowest BCUT2D eigenvalue weighted by atomic mass is 10.3. The molecule has 0 unspecified atom stereocenters. The molecule has 0 aliphatic heterocycles. The van der Waals surface area contributed by atoms with Gasteiger partial charge in [-0.3, -0.25) is 4.68 Å². The van der Waals surface area contributed by atoms with Crippen molar-refractivity contribution in [3.8, 4) is 5.75 Å². The van der Waals surface area contributed by atoms with E-state index in [1.165, 1.54) is 11.3 Å². The first-order valence-corrected chi connectivity index (χ1v) is 6.95. The molecule has 0 aliphatic rings. The molecule has 1 N–H and O–H groups in total. The van der Waals surface area contributed by atoms with E-state index in [1.54, 1.807) is 12.3 Å². The molecule has 0 aromatic carbocycles. The van der Waals surface area contributed by atoms with Gasteiger partial charge in [-0.1, -0.05) is 6.92 Å². The molecule has 2 aromatic heterocycles. The Morgan fingerprint density at radius 3 is 2.89 bits per heavy atom. The van der Waals surface area contributed by atoms with Gasteiger partial charge in [-0.25, -0.2) is 4.79 Å². The predicted octanol–water partition coefficient (Wildman–Crippen LogP) is 2.80. The summed E-state index contributed by atoms with van der Waals surface area (Å²) in [5.41, 5.74) is 0.933. The molecule has 0 bridgehead atoms. The number of ether oxygens (including phenoxy) is 1. The average molecular weight is 280 g/mol. The minimum Gasteiger partial charge on any atom is -0.487 e. The second-order valence-electron chi connectivity index (χ2n) is 4.06. The van der Waals surface area contributed by atoms with Gasteiger partial charge in [-0.2, -0.15) is 5.10 Å². The predicted molar refractivity (Wildman–Crippen MR) is 72.9 cm³/mol. The minimum atomic E-state index is -0.941. The number of carbonyl (C=O) groups is 1. The molecule has 6 heteroatoms. The standard InChI is InChI=1S/C13H16N2O3S/c1-3-10-5-11(12(19-10)13(16)17)18-8-9-6-14-15(4-2)7-9/h5-7H,3-4,8H2,1-2H3,(H,16,17). The number of hydrogen-bond donors (Lipinski definition) is 1. The van der Waals surface area contributed by atoms with Crippen molar-refractivity contribution < 1.29 is 14.6 Å². The summed E-state index contributed by atoms with van der Waals surface area (Å²) in [5.74, 6) is -0.498. The lowest BCUT2D eigenvalue weighted by Gasteiger charge is -2.02. The summed E-state index contributed by atoms with van der Waals surface area (Å²) in [6.07, 6.45) is 4.44. The zero-order chi connectivity index (χ0) is 13.8. The van der Waals surface area contributed by atoms with Gasteiger partial charge in [0.1, 0.15) is 12.4 Å². The smallest absolute Gasteiger partial charge is 0.349 e. The lowest BCUT2D eigenvalue weighted by Crippen LogP contribution is -1.99. The van der Waals surface area contributed by atoms with E-state index in [-0.39, 0.29) is 4.88 Å². The second-order valence-corrected chi connectivity index (χ2v) is 5.19. The Morgan fingerprint density at radius 2 is 2.32 bits per heavy atom. The van der Waals surface area contributed by atoms with Gasteiger partial charge in [0.25, 0.3) is 0 Å². The number of carboxylic acid groups (broad SMARTS) is 1. The van der Waals surface area contributed by atoms with Crippen LogP contribution < -0.4 is 4.74 Å². The van der Waals surface area contributed by atoms with E-state index >= 15 is 0 Å². The van der Waals surface area contributed by atoms with Gasteiger partial charge < -0.3 is 9.84 Å². The summed E-state index contributed by atoms with van der Waals surface area (Å²) in [6.45, 7) is 5.14. The van der Waals surface area contributed by atoms with E-state index in [2.05, 4.69) is 5.10 Å². The van der Waals surface area contributed by atoms with Gasteiger partial charge in [0.05, 0.1) is 6.20 Å². The average Bonchev–Trinajstić information content (AvgIpc) is 3.02. The van der Waals surface area contributed by atoms with Crippen molar-refractivity contribution in [1.29, 1.82) is 0 Å². The van der Waals surface area contributed by atoms with Gasteiger partial charge in [0.2, 0.25) is 0 Å². The molecule has 0 spiro atoms. The van der Waals surface area contributed by atoms with Crippen molar-refractivity contribution in [3.63, 3.8) is 0 Å².